The van der Waals surface area contributed by atoms with Gasteiger partial charge in [-0.2, -0.15) is 0 Å². The topological polar surface area (TPSA) is 36.9 Å². The zero-order valence-electron chi connectivity index (χ0n) is 6.03. The third kappa shape index (κ3) is 11.8. The smallest absolute Gasteiger partial charge is 0.106 e. The molecule has 0 aliphatic heterocycles. The van der Waals surface area contributed by atoms with Crippen molar-refractivity contribution < 1.29 is 27.7 Å². The summed E-state index contributed by atoms with van der Waals surface area (Å²) >= 11 is 0. The van der Waals surface area contributed by atoms with Crippen molar-refractivity contribution >= 4 is 0 Å². The van der Waals surface area contributed by atoms with Crippen molar-refractivity contribution in [2.75, 3.05) is 6.61 Å². The van der Waals surface area contributed by atoms with E-state index in [-0.39, 0.29) is 17.0 Å². The predicted molar refractivity (Wildman–Crippen MR) is 33.0 cm³/mol. The van der Waals surface area contributed by atoms with Crippen molar-refractivity contribution in [1.29, 1.82) is 0 Å². The number of quaternary nitrogens is 1. The highest BCUT2D eigenvalue weighted by Crippen LogP contribution is 1.96. The summed E-state index contributed by atoms with van der Waals surface area (Å²) in [4.78, 5) is 4.64. The van der Waals surface area contributed by atoms with Crippen LogP contribution in [0.15, 0.2) is 0 Å². The average molecular weight is 198 g/mol. The van der Waals surface area contributed by atoms with Crippen LogP contribution in [0.3, 0.4) is 0 Å². The Morgan fingerprint density at radius 1 is 1.22 bits per heavy atom. The number of hydrogen-bond donors (Lipinski definition) is 1. The maximum absolute atomic E-state index is 4.64. The summed E-state index contributed by atoms with van der Waals surface area (Å²) in [7, 11) is 0. The van der Waals surface area contributed by atoms with Crippen molar-refractivity contribution in [1.82, 2.24) is 0 Å². The van der Waals surface area contributed by atoms with Gasteiger partial charge in [-0.25, -0.2) is 10.7 Å². The zero-order valence-corrected chi connectivity index (χ0v) is 7.61. The molecule has 0 aromatic carbocycles. The largest absolute Gasteiger partial charge is 1.00 e. The Hall–Kier alpha value is 0.400. The van der Waals surface area contributed by atoms with Gasteiger partial charge in [0.1, 0.15) is 6.61 Å². The third-order valence-corrected chi connectivity index (χ3v) is 1.14. The molecular formula is C6H16BrNO. The van der Waals surface area contributed by atoms with E-state index in [4.69, 9.17) is 0 Å². The van der Waals surface area contributed by atoms with Gasteiger partial charge in [-0.05, 0) is 6.42 Å². The van der Waals surface area contributed by atoms with Gasteiger partial charge in [0, 0.05) is 0 Å². The van der Waals surface area contributed by atoms with E-state index in [9.17, 15) is 0 Å². The van der Waals surface area contributed by atoms with Crippen molar-refractivity contribution in [3.63, 3.8) is 0 Å². The third-order valence-electron chi connectivity index (χ3n) is 1.14. The molecular weight excluding hydrogens is 182 g/mol. The minimum absolute atomic E-state index is 0. The van der Waals surface area contributed by atoms with Crippen LogP contribution in [0.5, 0.6) is 0 Å². The van der Waals surface area contributed by atoms with E-state index in [0.717, 1.165) is 13.0 Å². The van der Waals surface area contributed by atoms with Crippen molar-refractivity contribution in [3.8, 4) is 0 Å². The Morgan fingerprint density at radius 3 is 2.33 bits per heavy atom. The van der Waals surface area contributed by atoms with Crippen LogP contribution in [0.25, 0.3) is 0 Å². The molecule has 0 amide bonds. The first-order chi connectivity index (χ1) is 3.91. The van der Waals surface area contributed by atoms with E-state index in [2.05, 4.69) is 17.7 Å². The SMILES string of the molecule is CCCCCCO[NH3+].[Br-]. The first kappa shape index (κ1) is 12.1. The molecule has 0 saturated carbocycles. The quantitative estimate of drug-likeness (QED) is 0.393. The molecule has 58 valence electrons. The lowest BCUT2D eigenvalue weighted by atomic mass is 10.2. The summed E-state index contributed by atoms with van der Waals surface area (Å²) in [6.07, 6.45) is 5.06. The predicted octanol–water partition coefficient (Wildman–Crippen LogP) is -2.26. The monoisotopic (exact) mass is 197 g/mol. The van der Waals surface area contributed by atoms with Gasteiger partial charge in [-0.3, -0.25) is 0 Å². The molecule has 0 rings (SSSR count). The Balaban J connectivity index is 0. The highest BCUT2D eigenvalue weighted by Gasteiger charge is 1.85. The van der Waals surface area contributed by atoms with Gasteiger partial charge < -0.3 is 17.0 Å². The fraction of sp³-hybridized carbons (Fsp3) is 1.00. The highest BCUT2D eigenvalue weighted by atomic mass is 79.9. The number of hydrogen-bond acceptors (Lipinski definition) is 1. The fourth-order valence-corrected chi connectivity index (χ4v) is 0.631. The van der Waals surface area contributed by atoms with E-state index in [1.54, 1.807) is 0 Å². The lowest BCUT2D eigenvalue weighted by molar-refractivity contribution is -0.689. The maximum atomic E-state index is 4.64. The van der Waals surface area contributed by atoms with Crippen LogP contribution < -0.4 is 22.9 Å². The Morgan fingerprint density at radius 2 is 1.89 bits per heavy atom. The molecule has 0 aliphatic rings. The van der Waals surface area contributed by atoms with Gasteiger partial charge in [0.25, 0.3) is 0 Å². The second-order valence-electron chi connectivity index (χ2n) is 1.97. The second kappa shape index (κ2) is 11.2. The molecule has 3 heteroatoms. The maximum Gasteiger partial charge on any atom is 0.106 e. The van der Waals surface area contributed by atoms with Crippen LogP contribution in [0.2, 0.25) is 0 Å². The second-order valence-corrected chi connectivity index (χ2v) is 1.97. The number of halogens is 1. The molecule has 0 fully saturated rings. The molecule has 0 unspecified atom stereocenters. The van der Waals surface area contributed by atoms with Crippen LogP contribution in [0, 0.1) is 0 Å². The van der Waals surface area contributed by atoms with Crippen LogP contribution in [0.4, 0.5) is 0 Å². The number of unbranched alkanes of at least 4 members (excludes halogenated alkanes) is 3. The Labute approximate surface area is 67.5 Å². The standard InChI is InChI=1S/C6H16NO.BrH/c1-2-3-4-5-6-8-7;/h2-6H2,1,7H3;1H/q+1;/p-1. The number of rotatable bonds is 5. The van der Waals surface area contributed by atoms with Crippen molar-refractivity contribution in [2.45, 2.75) is 32.6 Å². The lowest BCUT2D eigenvalue weighted by Crippen LogP contribution is -3.00. The molecule has 0 aliphatic carbocycles. The molecule has 0 saturated heterocycles. The molecule has 0 aromatic rings. The van der Waals surface area contributed by atoms with Gasteiger partial charge in [0.2, 0.25) is 0 Å². The van der Waals surface area contributed by atoms with Crippen LogP contribution in [-0.2, 0) is 4.84 Å². The summed E-state index contributed by atoms with van der Waals surface area (Å²) in [5.41, 5.74) is 0. The summed E-state index contributed by atoms with van der Waals surface area (Å²) in [5, 5.41) is 0. The van der Waals surface area contributed by atoms with E-state index in [0.29, 0.717) is 0 Å². The first-order valence-corrected chi connectivity index (χ1v) is 3.28. The minimum Gasteiger partial charge on any atom is -1.00 e. The lowest BCUT2D eigenvalue weighted by Gasteiger charge is -1.92. The Kier molecular flexibility index (Phi) is 15.1. The molecule has 2 nitrogen and oxygen atoms in total. The average Bonchev–Trinajstić information content (AvgIpc) is 1.81. The van der Waals surface area contributed by atoms with Gasteiger partial charge in [0.15, 0.2) is 0 Å². The summed E-state index contributed by atoms with van der Waals surface area (Å²) in [6, 6.07) is 0. The summed E-state index contributed by atoms with van der Waals surface area (Å²) in [5.74, 6) is 3.28. The van der Waals surface area contributed by atoms with Crippen molar-refractivity contribution in [3.05, 3.63) is 0 Å². The molecule has 0 heterocycles. The van der Waals surface area contributed by atoms with Gasteiger partial charge in [-0.1, -0.05) is 26.2 Å². The zero-order chi connectivity index (χ0) is 6.24. The van der Waals surface area contributed by atoms with Gasteiger partial charge in [-0.15, -0.1) is 0 Å². The molecule has 0 atom stereocenters. The van der Waals surface area contributed by atoms with Crippen LogP contribution in [0.1, 0.15) is 32.6 Å². The Bertz CT molecular complexity index is 38.0. The highest BCUT2D eigenvalue weighted by molar-refractivity contribution is 4.36. The normalized spacial score (nSPS) is 8.67. The van der Waals surface area contributed by atoms with E-state index < -0.39 is 0 Å². The van der Waals surface area contributed by atoms with Gasteiger partial charge in [0.05, 0.1) is 0 Å². The van der Waals surface area contributed by atoms with Gasteiger partial charge >= 0.3 is 0 Å². The first-order valence-electron chi connectivity index (χ1n) is 3.28. The molecule has 0 radical (unpaired) electrons. The molecule has 0 spiro atoms. The molecule has 0 bridgehead atoms. The molecule has 9 heavy (non-hydrogen) atoms. The van der Waals surface area contributed by atoms with E-state index in [1.165, 1.54) is 19.3 Å². The minimum atomic E-state index is 0. The van der Waals surface area contributed by atoms with Crippen LogP contribution in [-0.4, -0.2) is 6.61 Å². The molecule has 3 N–H and O–H groups in total. The molecule has 0 aromatic heterocycles. The fourth-order valence-electron chi connectivity index (χ4n) is 0.631. The summed E-state index contributed by atoms with van der Waals surface area (Å²) in [6.45, 7) is 3.02. The van der Waals surface area contributed by atoms with E-state index >= 15 is 0 Å². The van der Waals surface area contributed by atoms with E-state index in [1.807, 2.05) is 0 Å². The summed E-state index contributed by atoms with van der Waals surface area (Å²) < 4.78 is 0. The van der Waals surface area contributed by atoms with Crippen LogP contribution >= 0.6 is 0 Å². The van der Waals surface area contributed by atoms with Crippen molar-refractivity contribution in [2.24, 2.45) is 0 Å².